The zero-order valence-electron chi connectivity index (χ0n) is 17.7. The first-order chi connectivity index (χ1) is 16.2. The van der Waals surface area contributed by atoms with Gasteiger partial charge in [-0.25, -0.2) is 4.79 Å². The summed E-state index contributed by atoms with van der Waals surface area (Å²) in [7, 11) is 0. The molecule has 4 rings (SSSR count). The zero-order valence-corrected chi connectivity index (χ0v) is 20.1. The highest BCUT2D eigenvalue weighted by atomic mass is 79.9. The Hall–Kier alpha value is -2.77. The van der Waals surface area contributed by atoms with Gasteiger partial charge in [-0.15, -0.1) is 10.2 Å². The molecule has 2 aromatic carbocycles. The number of halogens is 4. The Morgan fingerprint density at radius 1 is 1.15 bits per heavy atom. The van der Waals surface area contributed by atoms with Gasteiger partial charge in [-0.2, -0.15) is 13.2 Å². The van der Waals surface area contributed by atoms with Gasteiger partial charge in [-0.1, -0.05) is 11.8 Å². The molecule has 0 radical (unpaired) electrons. The van der Waals surface area contributed by atoms with Gasteiger partial charge in [0.25, 0.3) is 0 Å². The number of esters is 1. The fraction of sp³-hybridized carbons (Fsp3) is 0.286. The van der Waals surface area contributed by atoms with Crippen LogP contribution in [0.3, 0.4) is 0 Å². The fourth-order valence-electron chi connectivity index (χ4n) is 3.40. The van der Waals surface area contributed by atoms with Crippen LogP contribution in [0.5, 0.6) is 11.5 Å². The van der Waals surface area contributed by atoms with Crippen molar-refractivity contribution in [3.05, 3.63) is 40.9 Å². The number of anilines is 1. The van der Waals surface area contributed by atoms with Gasteiger partial charge in [-0.3, -0.25) is 4.57 Å². The minimum absolute atomic E-state index is 0.0285. The SMILES string of the molecule is CSc1nnc(-c2cc(Br)c(OC(=O)C(F)(F)F)cc2O)n1-c1ccc(N2CCOCC2)cc1. The number of aromatic hydroxyl groups is 1. The number of phenols is 1. The van der Waals surface area contributed by atoms with Gasteiger partial charge >= 0.3 is 12.1 Å². The summed E-state index contributed by atoms with van der Waals surface area (Å²) in [6, 6.07) is 9.95. The van der Waals surface area contributed by atoms with Crippen LogP contribution in [0, 0.1) is 0 Å². The van der Waals surface area contributed by atoms with Gasteiger partial charge in [0.15, 0.2) is 11.0 Å². The molecule has 1 aliphatic heterocycles. The second kappa shape index (κ2) is 9.84. The van der Waals surface area contributed by atoms with Crippen LogP contribution >= 0.6 is 27.7 Å². The summed E-state index contributed by atoms with van der Waals surface area (Å²) in [5.41, 5.74) is 1.95. The summed E-state index contributed by atoms with van der Waals surface area (Å²) in [5, 5.41) is 19.4. The number of thioether (sulfide) groups is 1. The van der Waals surface area contributed by atoms with E-state index in [4.69, 9.17) is 4.74 Å². The molecule has 180 valence electrons. The number of carbonyl (C=O) groups is 1. The molecule has 0 unspecified atom stereocenters. The molecule has 8 nitrogen and oxygen atoms in total. The van der Waals surface area contributed by atoms with E-state index in [0.717, 1.165) is 30.5 Å². The van der Waals surface area contributed by atoms with Crippen LogP contribution in [-0.4, -0.2) is 64.6 Å². The first-order valence-corrected chi connectivity index (χ1v) is 11.9. The van der Waals surface area contributed by atoms with Crippen molar-refractivity contribution in [1.29, 1.82) is 0 Å². The average Bonchev–Trinajstić information content (AvgIpc) is 3.25. The Labute approximate surface area is 204 Å². The molecule has 0 atom stereocenters. The van der Waals surface area contributed by atoms with E-state index >= 15 is 0 Å². The number of phenolic OH excluding ortho intramolecular Hbond substituents is 1. The first kappa shape index (κ1) is 24.4. The summed E-state index contributed by atoms with van der Waals surface area (Å²) in [6.07, 6.45) is -3.35. The van der Waals surface area contributed by atoms with Crippen LogP contribution in [0.4, 0.5) is 18.9 Å². The summed E-state index contributed by atoms with van der Waals surface area (Å²) in [6.45, 7) is 2.91. The molecular formula is C21H18BrF3N4O4S. The summed E-state index contributed by atoms with van der Waals surface area (Å²) >= 11 is 4.44. The van der Waals surface area contributed by atoms with Crippen LogP contribution in [0.1, 0.15) is 0 Å². The molecule has 1 aromatic heterocycles. The van der Waals surface area contributed by atoms with Crippen LogP contribution < -0.4 is 9.64 Å². The Morgan fingerprint density at radius 2 is 1.79 bits per heavy atom. The lowest BCUT2D eigenvalue weighted by molar-refractivity contribution is -0.189. The standard InChI is InChI=1S/C21H18BrF3N4O4S/c1-34-20-27-26-18(14-10-15(22)17(11-16(14)30)33-19(31)21(23,24)25)29(20)13-4-2-12(3-5-13)28-6-8-32-9-7-28/h2-5,10-11,30H,6-9H2,1H3. The van der Waals surface area contributed by atoms with E-state index in [0.29, 0.717) is 18.4 Å². The molecule has 1 N–H and O–H groups in total. The van der Waals surface area contributed by atoms with Gasteiger partial charge in [0, 0.05) is 30.5 Å². The molecule has 2 heterocycles. The predicted octanol–water partition coefficient (Wildman–Crippen LogP) is 4.43. The Balaban J connectivity index is 1.69. The lowest BCUT2D eigenvalue weighted by Crippen LogP contribution is -2.36. The molecule has 1 saturated heterocycles. The molecule has 1 fully saturated rings. The first-order valence-electron chi connectivity index (χ1n) is 9.93. The van der Waals surface area contributed by atoms with E-state index in [1.165, 1.54) is 17.8 Å². The monoisotopic (exact) mass is 558 g/mol. The van der Waals surface area contributed by atoms with Crippen molar-refractivity contribution < 1.29 is 32.5 Å². The van der Waals surface area contributed by atoms with Crippen molar-refractivity contribution in [1.82, 2.24) is 14.8 Å². The molecule has 34 heavy (non-hydrogen) atoms. The number of aromatic nitrogens is 3. The molecule has 0 aliphatic carbocycles. The minimum atomic E-state index is -5.17. The van der Waals surface area contributed by atoms with Crippen molar-refractivity contribution in [2.75, 3.05) is 37.5 Å². The third-order valence-corrected chi connectivity index (χ3v) is 6.27. The van der Waals surface area contributed by atoms with E-state index < -0.39 is 23.6 Å². The highest BCUT2D eigenvalue weighted by Gasteiger charge is 2.41. The van der Waals surface area contributed by atoms with Crippen molar-refractivity contribution >= 4 is 39.3 Å². The van der Waals surface area contributed by atoms with Gasteiger partial charge in [0.1, 0.15) is 11.5 Å². The van der Waals surface area contributed by atoms with E-state index in [1.807, 2.05) is 30.5 Å². The molecule has 0 bridgehead atoms. The molecular weight excluding hydrogens is 541 g/mol. The second-order valence-electron chi connectivity index (χ2n) is 7.15. The number of hydrogen-bond donors (Lipinski definition) is 1. The fourth-order valence-corrected chi connectivity index (χ4v) is 4.32. The van der Waals surface area contributed by atoms with Crippen LogP contribution in [-0.2, 0) is 9.53 Å². The third-order valence-electron chi connectivity index (χ3n) is 5.03. The average molecular weight is 559 g/mol. The number of benzene rings is 2. The number of carbonyl (C=O) groups excluding carboxylic acids is 1. The van der Waals surface area contributed by atoms with E-state index in [-0.39, 0.29) is 15.9 Å². The van der Waals surface area contributed by atoms with Gasteiger partial charge in [-0.05, 0) is 52.5 Å². The van der Waals surface area contributed by atoms with Crippen molar-refractivity contribution in [2.24, 2.45) is 0 Å². The molecule has 13 heteroatoms. The Kier molecular flexibility index (Phi) is 7.05. The van der Waals surface area contributed by atoms with Gasteiger partial charge in [0.05, 0.1) is 23.2 Å². The highest BCUT2D eigenvalue weighted by Crippen LogP contribution is 2.40. The Morgan fingerprint density at radius 3 is 2.41 bits per heavy atom. The topological polar surface area (TPSA) is 89.7 Å². The smallest absolute Gasteiger partial charge is 0.491 e. The number of alkyl halides is 3. The molecule has 1 aliphatic rings. The van der Waals surface area contributed by atoms with Gasteiger partial charge < -0.3 is 19.5 Å². The normalized spacial score (nSPS) is 14.3. The van der Waals surface area contributed by atoms with E-state index in [9.17, 15) is 23.1 Å². The maximum Gasteiger partial charge on any atom is 0.491 e. The van der Waals surface area contributed by atoms with Crippen LogP contribution in [0.25, 0.3) is 17.1 Å². The number of ether oxygens (including phenoxy) is 2. The van der Waals surface area contributed by atoms with E-state index in [2.05, 4.69) is 35.8 Å². The maximum atomic E-state index is 12.6. The number of nitrogens with zero attached hydrogens (tertiary/aromatic N) is 4. The van der Waals surface area contributed by atoms with Crippen molar-refractivity contribution in [2.45, 2.75) is 11.3 Å². The molecule has 0 spiro atoms. The quantitative estimate of drug-likeness (QED) is 0.279. The number of hydrogen-bond acceptors (Lipinski definition) is 8. The molecule has 0 amide bonds. The lowest BCUT2D eigenvalue weighted by atomic mass is 10.1. The predicted molar refractivity (Wildman–Crippen MR) is 123 cm³/mol. The summed E-state index contributed by atoms with van der Waals surface area (Å²) in [5.74, 6) is -3.04. The zero-order chi connectivity index (χ0) is 24.5. The summed E-state index contributed by atoms with van der Waals surface area (Å²) < 4.78 is 49.2. The highest BCUT2D eigenvalue weighted by molar-refractivity contribution is 9.10. The Bertz CT molecular complexity index is 1200. The second-order valence-corrected chi connectivity index (χ2v) is 8.78. The molecule has 3 aromatic rings. The minimum Gasteiger partial charge on any atom is -0.507 e. The van der Waals surface area contributed by atoms with Crippen molar-refractivity contribution in [3.8, 4) is 28.6 Å². The summed E-state index contributed by atoms with van der Waals surface area (Å²) in [4.78, 5) is 13.4. The van der Waals surface area contributed by atoms with E-state index in [1.54, 1.807) is 4.57 Å². The number of morpholine rings is 1. The largest absolute Gasteiger partial charge is 0.507 e. The maximum absolute atomic E-state index is 12.6. The lowest BCUT2D eigenvalue weighted by Gasteiger charge is -2.29. The van der Waals surface area contributed by atoms with Gasteiger partial charge in [0.2, 0.25) is 0 Å². The van der Waals surface area contributed by atoms with Crippen molar-refractivity contribution in [3.63, 3.8) is 0 Å². The third kappa shape index (κ3) is 5.00. The molecule has 0 saturated carbocycles. The van der Waals surface area contributed by atoms with Crippen LogP contribution in [0.15, 0.2) is 46.0 Å². The van der Waals surface area contributed by atoms with Crippen LogP contribution in [0.2, 0.25) is 0 Å². The number of rotatable bonds is 5.